The van der Waals surface area contributed by atoms with E-state index in [1.807, 2.05) is 97.1 Å². The van der Waals surface area contributed by atoms with Gasteiger partial charge in [0.1, 0.15) is 5.75 Å². The quantitative estimate of drug-likeness (QED) is 0.153. The van der Waals surface area contributed by atoms with Gasteiger partial charge in [-0.1, -0.05) is 78.1 Å². The second kappa shape index (κ2) is 12.6. The molecule has 1 heterocycles. The van der Waals surface area contributed by atoms with Gasteiger partial charge in [0.15, 0.2) is 10.9 Å². The minimum absolute atomic E-state index is 0.0366. The number of benzene rings is 4. The Kier molecular flexibility index (Phi) is 8.52. The molecular formula is C33H30N2O4S. The van der Waals surface area contributed by atoms with E-state index in [0.717, 1.165) is 43.5 Å². The maximum Gasteiger partial charge on any atom is 0.306 e. The number of thiazole rings is 1. The van der Waals surface area contributed by atoms with Gasteiger partial charge in [0.05, 0.1) is 23.2 Å². The highest BCUT2D eigenvalue weighted by Crippen LogP contribution is 2.31. The summed E-state index contributed by atoms with van der Waals surface area (Å²) in [4.78, 5) is 29.2. The van der Waals surface area contributed by atoms with Crippen LogP contribution in [0.2, 0.25) is 0 Å². The van der Waals surface area contributed by atoms with E-state index < -0.39 is 11.9 Å². The first-order valence-corrected chi connectivity index (χ1v) is 14.0. The van der Waals surface area contributed by atoms with E-state index in [9.17, 15) is 14.7 Å². The van der Waals surface area contributed by atoms with Gasteiger partial charge < -0.3 is 15.2 Å². The molecule has 0 aliphatic heterocycles. The van der Waals surface area contributed by atoms with E-state index >= 15 is 0 Å². The zero-order valence-corrected chi connectivity index (χ0v) is 23.0. The van der Waals surface area contributed by atoms with Crippen LogP contribution in [-0.2, 0) is 11.2 Å². The molecule has 5 rings (SSSR count). The monoisotopic (exact) mass is 550 g/mol. The third-order valence-electron chi connectivity index (χ3n) is 6.97. The third-order valence-corrected chi connectivity index (χ3v) is 7.90. The van der Waals surface area contributed by atoms with Crippen LogP contribution >= 0.6 is 11.3 Å². The number of nitrogens with one attached hydrogen (secondary N) is 1. The van der Waals surface area contributed by atoms with E-state index in [-0.39, 0.29) is 12.2 Å². The first-order valence-electron chi connectivity index (χ1n) is 13.2. The molecular weight excluding hydrogens is 520 g/mol. The lowest BCUT2D eigenvalue weighted by molar-refractivity contribution is -0.142. The first-order chi connectivity index (χ1) is 19.5. The zero-order chi connectivity index (χ0) is 27.9. The normalized spacial score (nSPS) is 11.7. The SMILES string of the molecule is COc1ccc2nc(Nc3ccc(-c4ccc(C(=O)CCC(CCc5ccccc5)C(=O)O)cc4)cc3)sc2c1. The van der Waals surface area contributed by atoms with E-state index in [1.54, 1.807) is 18.4 Å². The molecule has 0 bridgehead atoms. The fourth-order valence-electron chi connectivity index (χ4n) is 4.63. The maximum absolute atomic E-state index is 12.8. The Bertz CT molecular complexity index is 1600. The molecule has 0 aliphatic rings. The van der Waals surface area contributed by atoms with Gasteiger partial charge in [-0.05, 0) is 66.3 Å². The summed E-state index contributed by atoms with van der Waals surface area (Å²) in [6.07, 6.45) is 1.75. The second-order valence-corrected chi connectivity index (χ2v) is 10.7. The smallest absolute Gasteiger partial charge is 0.306 e. The van der Waals surface area contributed by atoms with Crippen LogP contribution in [0, 0.1) is 5.92 Å². The predicted octanol–water partition coefficient (Wildman–Crippen LogP) is 8.01. The minimum atomic E-state index is -0.847. The molecule has 0 amide bonds. The number of hydrogen-bond acceptors (Lipinski definition) is 6. The fraction of sp³-hybridized carbons (Fsp3) is 0.182. The predicted molar refractivity (Wildman–Crippen MR) is 161 cm³/mol. The number of carboxylic acid groups (broad SMARTS) is 1. The van der Waals surface area contributed by atoms with Crippen LogP contribution < -0.4 is 10.1 Å². The number of methoxy groups -OCH3 is 1. The lowest BCUT2D eigenvalue weighted by atomic mass is 9.92. The number of carbonyl (C=O) groups is 2. The summed E-state index contributed by atoms with van der Waals surface area (Å²) in [5.41, 5.74) is 5.60. The van der Waals surface area contributed by atoms with Crippen molar-refractivity contribution in [3.05, 3.63) is 108 Å². The van der Waals surface area contributed by atoms with Crippen LogP contribution in [0.5, 0.6) is 5.75 Å². The van der Waals surface area contributed by atoms with Crippen LogP contribution in [0.25, 0.3) is 21.3 Å². The van der Waals surface area contributed by atoms with Gasteiger partial charge in [0.25, 0.3) is 0 Å². The summed E-state index contributed by atoms with van der Waals surface area (Å²) >= 11 is 1.57. The fourth-order valence-corrected chi connectivity index (χ4v) is 5.54. The molecule has 0 radical (unpaired) electrons. The van der Waals surface area contributed by atoms with E-state index in [2.05, 4.69) is 10.3 Å². The Hall–Kier alpha value is -4.49. The number of anilines is 2. The number of ether oxygens (including phenoxy) is 1. The summed E-state index contributed by atoms with van der Waals surface area (Å²) in [7, 11) is 1.65. The molecule has 1 unspecified atom stereocenters. The van der Waals surface area contributed by atoms with Crippen molar-refractivity contribution < 1.29 is 19.4 Å². The van der Waals surface area contributed by atoms with Crippen molar-refractivity contribution in [2.45, 2.75) is 25.7 Å². The zero-order valence-electron chi connectivity index (χ0n) is 22.2. The number of nitrogens with zero attached hydrogens (tertiary/aromatic N) is 1. The van der Waals surface area contributed by atoms with Gasteiger partial charge in [-0.3, -0.25) is 9.59 Å². The van der Waals surface area contributed by atoms with Crippen molar-refractivity contribution in [2.75, 3.05) is 12.4 Å². The number of aromatic nitrogens is 1. The summed E-state index contributed by atoms with van der Waals surface area (Å²) in [6, 6.07) is 31.2. The lowest BCUT2D eigenvalue weighted by Crippen LogP contribution is -2.16. The Morgan fingerprint density at radius 3 is 2.27 bits per heavy atom. The number of ketones is 1. The van der Waals surface area contributed by atoms with Crippen molar-refractivity contribution in [3.63, 3.8) is 0 Å². The summed E-state index contributed by atoms with van der Waals surface area (Å²) in [6.45, 7) is 0. The topological polar surface area (TPSA) is 88.5 Å². The van der Waals surface area contributed by atoms with Crippen molar-refractivity contribution in [3.8, 4) is 16.9 Å². The summed E-state index contributed by atoms with van der Waals surface area (Å²) < 4.78 is 6.35. The number of aliphatic carboxylic acids is 1. The molecule has 0 saturated heterocycles. The number of carboxylic acids is 1. The highest BCUT2D eigenvalue weighted by Gasteiger charge is 2.19. The van der Waals surface area contributed by atoms with Crippen molar-refractivity contribution in [1.29, 1.82) is 0 Å². The number of Topliss-reactive ketones (excluding diaryl/α,β-unsaturated/α-hetero) is 1. The number of rotatable bonds is 12. The van der Waals surface area contributed by atoms with Gasteiger partial charge >= 0.3 is 5.97 Å². The van der Waals surface area contributed by atoms with Gasteiger partial charge in [0, 0.05) is 17.7 Å². The second-order valence-electron chi connectivity index (χ2n) is 9.65. The van der Waals surface area contributed by atoms with Crippen molar-refractivity contribution in [2.24, 2.45) is 5.92 Å². The number of carbonyl (C=O) groups excluding carboxylic acids is 1. The molecule has 2 N–H and O–H groups in total. The van der Waals surface area contributed by atoms with Crippen LogP contribution in [0.1, 0.15) is 35.2 Å². The van der Waals surface area contributed by atoms with Gasteiger partial charge in [-0.25, -0.2) is 4.98 Å². The summed E-state index contributed by atoms with van der Waals surface area (Å²) in [5, 5.41) is 13.8. The van der Waals surface area contributed by atoms with Crippen molar-refractivity contribution >= 4 is 44.1 Å². The molecule has 0 aliphatic carbocycles. The molecule has 0 spiro atoms. The number of aryl methyl sites for hydroxylation is 1. The molecule has 1 aromatic heterocycles. The molecule has 0 fully saturated rings. The Balaban J connectivity index is 1.16. The highest BCUT2D eigenvalue weighted by molar-refractivity contribution is 7.22. The highest BCUT2D eigenvalue weighted by atomic mass is 32.1. The lowest BCUT2D eigenvalue weighted by Gasteiger charge is -2.12. The molecule has 4 aromatic carbocycles. The number of fused-ring (bicyclic) bond motifs is 1. The molecule has 1 atom stereocenters. The average Bonchev–Trinajstić information content (AvgIpc) is 3.39. The minimum Gasteiger partial charge on any atom is -0.497 e. The maximum atomic E-state index is 12.8. The van der Waals surface area contributed by atoms with Crippen LogP contribution in [0.15, 0.2) is 97.1 Å². The van der Waals surface area contributed by atoms with Crippen LogP contribution in [-0.4, -0.2) is 29.0 Å². The van der Waals surface area contributed by atoms with Crippen LogP contribution in [0.3, 0.4) is 0 Å². The van der Waals surface area contributed by atoms with Crippen LogP contribution in [0.4, 0.5) is 10.8 Å². The van der Waals surface area contributed by atoms with E-state index in [4.69, 9.17) is 4.74 Å². The Labute approximate surface area is 237 Å². The third kappa shape index (κ3) is 6.74. The number of hydrogen-bond donors (Lipinski definition) is 2. The summed E-state index contributed by atoms with van der Waals surface area (Å²) in [5.74, 6) is -0.616. The Morgan fingerprint density at radius 1 is 0.900 bits per heavy atom. The van der Waals surface area contributed by atoms with Crippen molar-refractivity contribution in [1.82, 2.24) is 4.98 Å². The average molecular weight is 551 g/mol. The standard InChI is InChI=1S/C33H30N2O4S/c1-39-28-18-19-29-31(21-28)40-33(35-29)34-27-16-13-24(14-17-27)23-9-11-25(12-10-23)30(36)20-15-26(32(37)38)8-7-22-5-3-2-4-6-22/h2-6,9-14,16-19,21,26H,7-8,15,20H2,1H3,(H,34,35)(H,37,38). The molecule has 7 heteroatoms. The van der Waals surface area contributed by atoms with Gasteiger partial charge in [-0.15, -0.1) is 0 Å². The Morgan fingerprint density at radius 2 is 1.60 bits per heavy atom. The molecule has 5 aromatic rings. The van der Waals surface area contributed by atoms with E-state index in [1.165, 1.54) is 0 Å². The molecule has 202 valence electrons. The molecule has 40 heavy (non-hydrogen) atoms. The first kappa shape index (κ1) is 27.1. The van der Waals surface area contributed by atoms with Gasteiger partial charge in [-0.2, -0.15) is 0 Å². The largest absolute Gasteiger partial charge is 0.497 e. The molecule has 0 saturated carbocycles. The van der Waals surface area contributed by atoms with Gasteiger partial charge in [0.2, 0.25) is 0 Å². The molecule has 6 nitrogen and oxygen atoms in total. The van der Waals surface area contributed by atoms with E-state index in [0.29, 0.717) is 24.8 Å².